The number of benzene rings is 1. The van der Waals surface area contributed by atoms with Crippen LogP contribution in [0.15, 0.2) is 18.2 Å². The van der Waals surface area contributed by atoms with E-state index in [0.717, 1.165) is 18.2 Å². The summed E-state index contributed by atoms with van der Waals surface area (Å²) in [6.45, 7) is 0. The summed E-state index contributed by atoms with van der Waals surface area (Å²) in [5.41, 5.74) is 1.01. The van der Waals surface area contributed by atoms with Crippen molar-refractivity contribution in [3.8, 4) is 0 Å². The molecule has 0 amide bonds. The highest BCUT2D eigenvalue weighted by atomic mass is 19.1. The minimum absolute atomic E-state index is 0.194. The van der Waals surface area contributed by atoms with E-state index in [9.17, 15) is 14.5 Å². The van der Waals surface area contributed by atoms with Gasteiger partial charge in [-0.3, -0.25) is 20.8 Å². The highest BCUT2D eigenvalue weighted by molar-refractivity contribution is 5.48. The Balaban J connectivity index is 3.10. The molecule has 1 rings (SSSR count). The van der Waals surface area contributed by atoms with Crippen molar-refractivity contribution in [2.24, 2.45) is 0 Å². The number of nitrogens with one attached hydrogen (secondary N) is 1. The van der Waals surface area contributed by atoms with Crippen molar-refractivity contribution >= 4 is 11.4 Å². The number of halogens is 1. The molecule has 0 aromatic heterocycles. The first-order chi connectivity index (χ1) is 5.65. The van der Waals surface area contributed by atoms with Crippen LogP contribution in [0.25, 0.3) is 0 Å². The Bertz CT molecular complexity index is 316. The zero-order chi connectivity index (χ0) is 9.14. The van der Waals surface area contributed by atoms with Gasteiger partial charge in [0.2, 0.25) is 0 Å². The monoisotopic (exact) mass is 172 g/mol. The van der Waals surface area contributed by atoms with Crippen LogP contribution >= 0.6 is 0 Å². The first kappa shape index (κ1) is 8.41. The van der Waals surface area contributed by atoms with Crippen molar-refractivity contribution in [1.29, 1.82) is 0 Å². The van der Waals surface area contributed by atoms with Crippen LogP contribution in [-0.2, 0) is 0 Å². The maximum atomic E-state index is 12.7. The Labute approximate surface area is 66.5 Å². The van der Waals surface area contributed by atoms with E-state index < -0.39 is 10.7 Å². The molecule has 12 heavy (non-hydrogen) atoms. The molecule has 0 fully saturated rings. The van der Waals surface area contributed by atoms with Gasteiger partial charge in [-0.1, -0.05) is 0 Å². The number of hydrogen-bond donors (Lipinski definition) is 2. The molecular weight excluding hydrogens is 167 g/mol. The summed E-state index contributed by atoms with van der Waals surface area (Å²) in [4.78, 5) is 9.39. The maximum Gasteiger partial charge on any atom is 0.272 e. The van der Waals surface area contributed by atoms with Gasteiger partial charge in [0.25, 0.3) is 5.69 Å². The van der Waals surface area contributed by atoms with Crippen LogP contribution in [0.1, 0.15) is 0 Å². The zero-order valence-corrected chi connectivity index (χ0v) is 5.82. The van der Waals surface area contributed by atoms with Crippen molar-refractivity contribution in [1.82, 2.24) is 0 Å². The fourth-order valence-electron chi connectivity index (χ4n) is 0.708. The van der Waals surface area contributed by atoms with Crippen LogP contribution in [0.3, 0.4) is 0 Å². The van der Waals surface area contributed by atoms with Gasteiger partial charge >= 0.3 is 0 Å². The number of rotatable bonds is 2. The third-order valence-electron chi connectivity index (χ3n) is 1.28. The number of nitrogens with zero attached hydrogens (tertiary/aromatic N) is 1. The Kier molecular flexibility index (Phi) is 2.20. The predicted molar refractivity (Wildman–Crippen MR) is 38.5 cm³/mol. The van der Waals surface area contributed by atoms with Crippen LogP contribution in [0.4, 0.5) is 15.8 Å². The van der Waals surface area contributed by atoms with Crippen molar-refractivity contribution < 1.29 is 14.5 Å². The van der Waals surface area contributed by atoms with E-state index in [1.807, 2.05) is 0 Å². The summed E-state index contributed by atoms with van der Waals surface area (Å²) in [6, 6.07) is 2.88. The molecule has 0 unspecified atom stereocenters. The zero-order valence-electron chi connectivity index (χ0n) is 5.82. The summed E-state index contributed by atoms with van der Waals surface area (Å²) in [5, 5.41) is 18.4. The van der Waals surface area contributed by atoms with Crippen molar-refractivity contribution in [3.63, 3.8) is 0 Å². The average Bonchev–Trinajstić information content (AvgIpc) is 2.04. The Morgan fingerprint density at radius 3 is 2.67 bits per heavy atom. The van der Waals surface area contributed by atoms with Gasteiger partial charge in [0.05, 0.1) is 16.7 Å². The topological polar surface area (TPSA) is 75.4 Å². The lowest BCUT2D eigenvalue weighted by Crippen LogP contribution is -1.95. The quantitative estimate of drug-likeness (QED) is 0.524. The molecule has 6 heteroatoms. The summed E-state index contributed by atoms with van der Waals surface area (Å²) in [6.07, 6.45) is 0. The van der Waals surface area contributed by atoms with Crippen LogP contribution in [0.5, 0.6) is 0 Å². The van der Waals surface area contributed by atoms with Gasteiger partial charge in [-0.05, 0) is 6.07 Å². The molecule has 0 radical (unpaired) electrons. The van der Waals surface area contributed by atoms with Crippen LogP contribution in [0, 0.1) is 15.9 Å². The summed E-state index contributed by atoms with van der Waals surface area (Å²) in [7, 11) is 0. The third kappa shape index (κ3) is 1.48. The number of nitro benzene ring substituents is 1. The van der Waals surface area contributed by atoms with Crippen LogP contribution in [-0.4, -0.2) is 10.1 Å². The largest absolute Gasteiger partial charge is 0.291 e. The van der Waals surface area contributed by atoms with Crippen LogP contribution in [0.2, 0.25) is 0 Å². The molecule has 0 spiro atoms. The lowest BCUT2D eigenvalue weighted by atomic mass is 10.3. The molecule has 0 bridgehead atoms. The first-order valence-electron chi connectivity index (χ1n) is 2.99. The van der Waals surface area contributed by atoms with E-state index in [0.29, 0.717) is 0 Å². The lowest BCUT2D eigenvalue weighted by Gasteiger charge is -1.98. The molecule has 1 aromatic carbocycles. The SMILES string of the molecule is O=[N+]([O-])c1ccc(NO)c(F)c1. The second-order valence-corrected chi connectivity index (χ2v) is 2.03. The van der Waals surface area contributed by atoms with E-state index in [4.69, 9.17) is 5.21 Å². The van der Waals surface area contributed by atoms with E-state index >= 15 is 0 Å². The van der Waals surface area contributed by atoms with Crippen molar-refractivity contribution in [3.05, 3.63) is 34.1 Å². The Morgan fingerprint density at radius 1 is 1.58 bits per heavy atom. The molecule has 2 N–H and O–H groups in total. The van der Waals surface area contributed by atoms with Gasteiger partial charge in [-0.15, -0.1) is 0 Å². The molecule has 0 aliphatic carbocycles. The molecule has 1 aromatic rings. The predicted octanol–water partition coefficient (Wildman–Crippen LogP) is 1.53. The minimum Gasteiger partial charge on any atom is -0.291 e. The Hall–Kier alpha value is -1.69. The van der Waals surface area contributed by atoms with Gasteiger partial charge in [0, 0.05) is 6.07 Å². The highest BCUT2D eigenvalue weighted by Gasteiger charge is 2.09. The molecule has 0 saturated carbocycles. The number of hydrogen-bond acceptors (Lipinski definition) is 4. The van der Waals surface area contributed by atoms with Gasteiger partial charge in [0.15, 0.2) is 5.82 Å². The number of anilines is 1. The fraction of sp³-hybridized carbons (Fsp3) is 0. The molecule has 5 nitrogen and oxygen atoms in total. The molecular formula is C6H5FN2O3. The van der Waals surface area contributed by atoms with Gasteiger partial charge in [0.1, 0.15) is 0 Å². The van der Waals surface area contributed by atoms with E-state index in [1.54, 1.807) is 5.48 Å². The van der Waals surface area contributed by atoms with Crippen molar-refractivity contribution in [2.75, 3.05) is 5.48 Å². The second-order valence-electron chi connectivity index (χ2n) is 2.03. The summed E-state index contributed by atoms with van der Waals surface area (Å²) < 4.78 is 12.7. The van der Waals surface area contributed by atoms with E-state index in [1.165, 1.54) is 0 Å². The maximum absolute atomic E-state index is 12.7. The molecule has 64 valence electrons. The standard InChI is InChI=1S/C6H5FN2O3/c7-5-3-4(9(11)12)1-2-6(5)8-10/h1-3,8,10H. The van der Waals surface area contributed by atoms with E-state index in [-0.39, 0.29) is 11.4 Å². The number of nitro groups is 1. The van der Waals surface area contributed by atoms with Crippen molar-refractivity contribution in [2.45, 2.75) is 0 Å². The molecule has 0 aliphatic rings. The molecule has 0 saturated heterocycles. The van der Waals surface area contributed by atoms with Gasteiger partial charge < -0.3 is 0 Å². The Morgan fingerprint density at radius 2 is 2.25 bits per heavy atom. The molecule has 0 aliphatic heterocycles. The normalized spacial score (nSPS) is 9.50. The smallest absolute Gasteiger partial charge is 0.272 e. The van der Waals surface area contributed by atoms with Gasteiger partial charge in [-0.25, -0.2) is 4.39 Å². The van der Waals surface area contributed by atoms with Crippen LogP contribution < -0.4 is 5.48 Å². The first-order valence-corrected chi connectivity index (χ1v) is 2.99. The fourth-order valence-corrected chi connectivity index (χ4v) is 0.708. The van der Waals surface area contributed by atoms with Gasteiger partial charge in [-0.2, -0.15) is 0 Å². The lowest BCUT2D eigenvalue weighted by molar-refractivity contribution is -0.385. The molecule has 0 atom stereocenters. The minimum atomic E-state index is -0.869. The average molecular weight is 172 g/mol. The number of non-ortho nitro benzene ring substituents is 1. The highest BCUT2D eigenvalue weighted by Crippen LogP contribution is 2.19. The second kappa shape index (κ2) is 3.14. The summed E-state index contributed by atoms with van der Waals surface area (Å²) in [5.74, 6) is -0.869. The van der Waals surface area contributed by atoms with E-state index in [2.05, 4.69) is 0 Å². The summed E-state index contributed by atoms with van der Waals surface area (Å²) >= 11 is 0. The molecule has 0 heterocycles. The third-order valence-corrected chi connectivity index (χ3v) is 1.28.